The van der Waals surface area contributed by atoms with Crippen LogP contribution in [0.1, 0.15) is 37.3 Å². The van der Waals surface area contributed by atoms with Crippen LogP contribution in [0.25, 0.3) is 0 Å². The molecule has 3 rings (SSSR count). The van der Waals surface area contributed by atoms with E-state index in [1.54, 1.807) is 4.90 Å². The molecule has 0 aliphatic carbocycles. The van der Waals surface area contributed by atoms with Crippen molar-refractivity contribution in [2.24, 2.45) is 0 Å². The van der Waals surface area contributed by atoms with E-state index in [9.17, 15) is 9.59 Å². The lowest BCUT2D eigenvalue weighted by atomic mass is 10.1. The second kappa shape index (κ2) is 12.7. The van der Waals surface area contributed by atoms with Crippen LogP contribution in [0.4, 0.5) is 5.69 Å². The quantitative estimate of drug-likeness (QED) is 0.603. The Labute approximate surface area is 195 Å². The van der Waals surface area contributed by atoms with E-state index >= 15 is 0 Å². The summed E-state index contributed by atoms with van der Waals surface area (Å²) in [6.45, 7) is 6.30. The van der Waals surface area contributed by atoms with Crippen LogP contribution in [-0.4, -0.2) is 49.1 Å². The van der Waals surface area contributed by atoms with Gasteiger partial charge in [0.15, 0.2) is 0 Å². The molecule has 2 aromatic rings. The van der Waals surface area contributed by atoms with Crippen molar-refractivity contribution < 1.29 is 14.3 Å². The molecule has 1 fully saturated rings. The van der Waals surface area contributed by atoms with Crippen molar-refractivity contribution in [2.75, 3.05) is 31.1 Å². The Morgan fingerprint density at radius 3 is 2.70 bits per heavy atom. The largest absolute Gasteiger partial charge is 0.376 e. The molecule has 1 N–H and O–H groups in total. The lowest BCUT2D eigenvalue weighted by Crippen LogP contribution is -2.40. The maximum Gasteiger partial charge on any atom is 0.227 e. The molecule has 7 nitrogen and oxygen atoms in total. The van der Waals surface area contributed by atoms with Crippen LogP contribution in [0, 0.1) is 11.3 Å². The zero-order valence-electron chi connectivity index (χ0n) is 19.2. The van der Waals surface area contributed by atoms with Crippen molar-refractivity contribution >= 4 is 17.5 Å². The van der Waals surface area contributed by atoms with Crippen LogP contribution >= 0.6 is 0 Å². The number of hydrogen-bond acceptors (Lipinski definition) is 5. The van der Waals surface area contributed by atoms with Crippen LogP contribution in [0.2, 0.25) is 0 Å². The van der Waals surface area contributed by atoms with E-state index in [2.05, 4.69) is 35.3 Å². The summed E-state index contributed by atoms with van der Waals surface area (Å²) >= 11 is 0. The number of morpholine rings is 1. The first-order valence-electron chi connectivity index (χ1n) is 11.5. The first-order valence-corrected chi connectivity index (χ1v) is 11.5. The van der Waals surface area contributed by atoms with E-state index in [0.29, 0.717) is 13.1 Å². The molecule has 174 valence electrons. The van der Waals surface area contributed by atoms with E-state index in [-0.39, 0.29) is 37.2 Å². The number of benzene rings is 2. The van der Waals surface area contributed by atoms with Gasteiger partial charge in [0.1, 0.15) is 0 Å². The second-order valence-electron chi connectivity index (χ2n) is 8.30. The number of carbonyl (C=O) groups excluding carboxylic acids is 2. The summed E-state index contributed by atoms with van der Waals surface area (Å²) in [5.74, 6) is -0.322. The third kappa shape index (κ3) is 8.01. The highest BCUT2D eigenvalue weighted by atomic mass is 16.5. The fourth-order valence-electron chi connectivity index (χ4n) is 3.94. The average Bonchev–Trinajstić information content (AvgIpc) is 2.82. The lowest BCUT2D eigenvalue weighted by Gasteiger charge is -2.31. The van der Waals surface area contributed by atoms with Crippen LogP contribution < -0.4 is 10.2 Å². The molecule has 2 amide bonds. The normalized spacial score (nSPS) is 16.1. The Bertz CT molecular complexity index is 958. The molecular weight excluding hydrogens is 416 g/mol. The van der Waals surface area contributed by atoms with Gasteiger partial charge in [-0.2, -0.15) is 5.26 Å². The van der Waals surface area contributed by atoms with E-state index in [4.69, 9.17) is 10.00 Å². The summed E-state index contributed by atoms with van der Waals surface area (Å²) in [4.78, 5) is 29.0. The first-order chi connectivity index (χ1) is 16.0. The van der Waals surface area contributed by atoms with Gasteiger partial charge in [-0.25, -0.2) is 0 Å². The van der Waals surface area contributed by atoms with Gasteiger partial charge in [0, 0.05) is 51.3 Å². The van der Waals surface area contributed by atoms with Gasteiger partial charge in [-0.15, -0.1) is 0 Å². The molecule has 1 saturated heterocycles. The molecule has 0 bridgehead atoms. The molecule has 7 heteroatoms. The van der Waals surface area contributed by atoms with E-state index in [0.717, 1.165) is 37.5 Å². The molecule has 1 atom stereocenters. The summed E-state index contributed by atoms with van der Waals surface area (Å²) in [6.07, 6.45) is 0.704. The molecule has 0 saturated carbocycles. The molecule has 0 aromatic heterocycles. The van der Waals surface area contributed by atoms with E-state index in [1.165, 1.54) is 5.56 Å². The Morgan fingerprint density at radius 1 is 1.15 bits per heavy atom. The highest BCUT2D eigenvalue weighted by Gasteiger charge is 2.18. The second-order valence-corrected chi connectivity index (χ2v) is 8.30. The van der Waals surface area contributed by atoms with Gasteiger partial charge < -0.3 is 15.0 Å². The molecule has 1 heterocycles. The predicted octanol–water partition coefficient (Wildman–Crippen LogP) is 3.25. The Morgan fingerprint density at radius 2 is 1.94 bits per heavy atom. The molecule has 1 aliphatic rings. The van der Waals surface area contributed by atoms with Crippen LogP contribution in [0.3, 0.4) is 0 Å². The molecular formula is C26H32N4O3. The van der Waals surface area contributed by atoms with Gasteiger partial charge in [0.25, 0.3) is 0 Å². The third-order valence-corrected chi connectivity index (χ3v) is 5.59. The number of nitriles is 1. The number of nitrogens with one attached hydrogen (secondary N) is 1. The summed E-state index contributed by atoms with van der Waals surface area (Å²) in [5.41, 5.74) is 2.99. The molecule has 2 aromatic carbocycles. The Balaban J connectivity index is 1.47. The fourth-order valence-corrected chi connectivity index (χ4v) is 3.94. The number of anilines is 1. The maximum atomic E-state index is 12.7. The monoisotopic (exact) mass is 448 g/mol. The van der Waals surface area contributed by atoms with Crippen molar-refractivity contribution in [3.05, 3.63) is 65.7 Å². The standard InChI is InChI=1S/C26H32N4O3/c1-21-19-29(15-16-33-21)20-23-8-5-7-22(17-23)18-28-25(31)11-12-26(32)30(14-6-13-27)24-9-3-2-4-10-24/h2-5,7-10,17,21H,6,11-12,14-16,18-20H2,1H3,(H,28,31). The van der Waals surface area contributed by atoms with Crippen LogP contribution in [0.15, 0.2) is 54.6 Å². The van der Waals surface area contributed by atoms with Gasteiger partial charge in [-0.3, -0.25) is 14.5 Å². The van der Waals surface area contributed by atoms with Crippen molar-refractivity contribution in [1.82, 2.24) is 10.2 Å². The minimum atomic E-state index is -0.163. The third-order valence-electron chi connectivity index (χ3n) is 5.59. The number of para-hydroxylation sites is 1. The van der Waals surface area contributed by atoms with Gasteiger partial charge in [0.05, 0.1) is 25.2 Å². The topological polar surface area (TPSA) is 85.7 Å². The molecule has 1 aliphatic heterocycles. The van der Waals surface area contributed by atoms with E-state index < -0.39 is 0 Å². The first kappa shape index (κ1) is 24.4. The van der Waals surface area contributed by atoms with Crippen molar-refractivity contribution in [1.29, 1.82) is 5.26 Å². The average molecular weight is 449 g/mol. The Kier molecular flexibility index (Phi) is 9.43. The van der Waals surface area contributed by atoms with Gasteiger partial charge in [-0.1, -0.05) is 42.5 Å². The summed E-state index contributed by atoms with van der Waals surface area (Å²) < 4.78 is 5.60. The summed E-state index contributed by atoms with van der Waals surface area (Å²) in [6, 6.07) is 19.5. The number of nitrogens with zero attached hydrogens (tertiary/aromatic N) is 3. The molecule has 33 heavy (non-hydrogen) atoms. The van der Waals surface area contributed by atoms with Crippen LogP contribution in [0.5, 0.6) is 0 Å². The van der Waals surface area contributed by atoms with Gasteiger partial charge >= 0.3 is 0 Å². The minimum absolute atomic E-state index is 0.0986. The molecule has 1 unspecified atom stereocenters. The van der Waals surface area contributed by atoms with Crippen molar-refractivity contribution in [3.8, 4) is 6.07 Å². The number of amides is 2. The highest BCUT2D eigenvalue weighted by Crippen LogP contribution is 2.16. The molecule has 0 spiro atoms. The summed E-state index contributed by atoms with van der Waals surface area (Å²) in [5, 5.41) is 11.8. The lowest BCUT2D eigenvalue weighted by molar-refractivity contribution is -0.125. The van der Waals surface area contributed by atoms with Crippen LogP contribution in [-0.2, 0) is 27.4 Å². The number of rotatable bonds is 10. The molecule has 0 radical (unpaired) electrons. The number of carbonyl (C=O) groups is 2. The highest BCUT2D eigenvalue weighted by molar-refractivity contribution is 5.95. The van der Waals surface area contributed by atoms with E-state index in [1.807, 2.05) is 42.5 Å². The number of ether oxygens (including phenoxy) is 1. The SMILES string of the molecule is CC1CN(Cc2cccc(CNC(=O)CCC(=O)N(CCC#N)c3ccccc3)c2)CCO1. The zero-order chi connectivity index (χ0) is 23.5. The van der Waals surface area contributed by atoms with Crippen molar-refractivity contribution in [3.63, 3.8) is 0 Å². The predicted molar refractivity (Wildman–Crippen MR) is 127 cm³/mol. The minimum Gasteiger partial charge on any atom is -0.376 e. The summed E-state index contributed by atoms with van der Waals surface area (Å²) in [7, 11) is 0. The number of hydrogen-bond donors (Lipinski definition) is 1. The Hall–Kier alpha value is -3.21. The van der Waals surface area contributed by atoms with Gasteiger partial charge in [-0.05, 0) is 30.2 Å². The van der Waals surface area contributed by atoms with Crippen molar-refractivity contribution in [2.45, 2.75) is 45.4 Å². The fraction of sp³-hybridized carbons (Fsp3) is 0.423. The smallest absolute Gasteiger partial charge is 0.227 e. The maximum absolute atomic E-state index is 12.7. The van der Waals surface area contributed by atoms with Gasteiger partial charge in [0.2, 0.25) is 11.8 Å². The zero-order valence-corrected chi connectivity index (χ0v) is 19.2.